The molecule has 5 nitrogen and oxygen atoms in total. The van der Waals surface area contributed by atoms with Gasteiger partial charge in [-0.2, -0.15) is 5.26 Å². The molecule has 2 unspecified atom stereocenters. The first-order valence-corrected chi connectivity index (χ1v) is 9.30. The van der Waals surface area contributed by atoms with E-state index in [0.29, 0.717) is 29.4 Å². The lowest BCUT2D eigenvalue weighted by Crippen LogP contribution is -2.55. The normalized spacial score (nSPS) is 25.9. The summed E-state index contributed by atoms with van der Waals surface area (Å²) in [4.78, 5) is 12.1. The average molecular weight is 350 g/mol. The second-order valence-electron chi connectivity index (χ2n) is 7.79. The van der Waals surface area contributed by atoms with Crippen LogP contribution in [0.5, 0.6) is 0 Å². The van der Waals surface area contributed by atoms with Gasteiger partial charge in [0.2, 0.25) is 5.91 Å². The Morgan fingerprint density at radius 1 is 1.50 bits per heavy atom. The Labute approximate surface area is 148 Å². The van der Waals surface area contributed by atoms with Crippen molar-refractivity contribution >= 4 is 22.2 Å². The molecule has 6 heteroatoms. The molecule has 0 spiro atoms. The highest BCUT2D eigenvalue weighted by Crippen LogP contribution is 2.43. The molecule has 1 amide bonds. The fourth-order valence-electron chi connectivity index (χ4n) is 4.18. The molecular weight excluding hydrogens is 322 g/mol. The molecule has 0 saturated heterocycles. The molecule has 0 radical (unpaired) electrons. The average Bonchev–Trinajstić information content (AvgIpc) is 2.92. The van der Waals surface area contributed by atoms with E-state index in [2.05, 4.69) is 37.5 Å². The van der Waals surface area contributed by atoms with Gasteiger partial charge in [0, 0.05) is 18.5 Å². The van der Waals surface area contributed by atoms with Gasteiger partial charge in [0.1, 0.15) is 11.1 Å². The molecule has 0 bridgehead atoms. The summed E-state index contributed by atoms with van der Waals surface area (Å²) in [6, 6.07) is 3.76. The van der Waals surface area contributed by atoms with Gasteiger partial charge in [0.05, 0.1) is 12.2 Å². The smallest absolute Gasteiger partial charge is 0.226 e. The minimum atomic E-state index is -0.303. The summed E-state index contributed by atoms with van der Waals surface area (Å²) in [7, 11) is 0. The molecule has 1 heterocycles. The Kier molecular flexibility index (Phi) is 6.02. The number of aliphatic hydroxyl groups is 1. The molecular formula is C18H27N3O2S. The van der Waals surface area contributed by atoms with Crippen LogP contribution in [0.1, 0.15) is 52.0 Å². The maximum atomic E-state index is 12.1. The van der Waals surface area contributed by atoms with Gasteiger partial charge in [-0.05, 0) is 42.0 Å². The summed E-state index contributed by atoms with van der Waals surface area (Å²) < 4.78 is 0. The summed E-state index contributed by atoms with van der Waals surface area (Å²) in [6.45, 7) is 7.30. The van der Waals surface area contributed by atoms with Gasteiger partial charge in [-0.1, -0.05) is 20.8 Å². The van der Waals surface area contributed by atoms with E-state index >= 15 is 0 Å². The first-order chi connectivity index (χ1) is 11.3. The molecule has 1 aromatic heterocycles. The molecule has 3 N–H and O–H groups in total. The maximum Gasteiger partial charge on any atom is 0.226 e. The van der Waals surface area contributed by atoms with Crippen LogP contribution in [-0.2, 0) is 4.79 Å². The van der Waals surface area contributed by atoms with Crippen molar-refractivity contribution in [1.82, 2.24) is 5.32 Å². The van der Waals surface area contributed by atoms with Gasteiger partial charge in [-0.15, -0.1) is 11.3 Å². The second kappa shape index (κ2) is 7.64. The van der Waals surface area contributed by atoms with Crippen LogP contribution < -0.4 is 10.6 Å². The van der Waals surface area contributed by atoms with E-state index in [9.17, 15) is 9.90 Å². The number of thiophene rings is 1. The third kappa shape index (κ3) is 4.79. The van der Waals surface area contributed by atoms with E-state index < -0.39 is 0 Å². The number of nitrogens with one attached hydrogen (secondary N) is 2. The third-order valence-corrected chi connectivity index (χ3v) is 5.48. The number of hydrogen-bond donors (Lipinski definition) is 3. The standard InChI is InChI=1S/C18H27N3O2S/c1-13-8-17(2,3)11-18(9-13,12-22)20-6-4-15(23)21-16-14(10-19)5-7-24-16/h5,7,13,20,22H,4,6,8-9,11-12H2,1-3H3,(H,21,23). The first-order valence-electron chi connectivity index (χ1n) is 8.42. The van der Waals surface area contributed by atoms with E-state index in [1.165, 1.54) is 11.3 Å². The van der Waals surface area contributed by atoms with Crippen LogP contribution >= 0.6 is 11.3 Å². The summed E-state index contributed by atoms with van der Waals surface area (Å²) in [5.74, 6) is 0.434. The molecule has 24 heavy (non-hydrogen) atoms. The van der Waals surface area contributed by atoms with E-state index in [-0.39, 0.29) is 23.5 Å². The van der Waals surface area contributed by atoms with Crippen LogP contribution in [-0.4, -0.2) is 29.7 Å². The Morgan fingerprint density at radius 2 is 2.25 bits per heavy atom. The highest BCUT2D eigenvalue weighted by atomic mass is 32.1. The predicted octanol–water partition coefficient (Wildman–Crippen LogP) is 3.12. The van der Waals surface area contributed by atoms with E-state index in [4.69, 9.17) is 5.26 Å². The largest absolute Gasteiger partial charge is 0.394 e. The number of carbonyl (C=O) groups is 1. The van der Waals surface area contributed by atoms with Gasteiger partial charge in [0.15, 0.2) is 0 Å². The summed E-state index contributed by atoms with van der Waals surface area (Å²) in [5.41, 5.74) is 0.382. The molecule has 1 aromatic rings. The van der Waals surface area contributed by atoms with Gasteiger partial charge in [-0.3, -0.25) is 4.79 Å². The minimum absolute atomic E-state index is 0.0892. The second-order valence-corrected chi connectivity index (χ2v) is 8.71. The van der Waals surface area contributed by atoms with E-state index in [1.807, 2.05) is 0 Å². The number of aliphatic hydroxyl groups excluding tert-OH is 1. The Morgan fingerprint density at radius 3 is 2.88 bits per heavy atom. The highest BCUT2D eigenvalue weighted by molar-refractivity contribution is 7.14. The van der Waals surface area contributed by atoms with Crippen molar-refractivity contribution in [2.75, 3.05) is 18.5 Å². The monoisotopic (exact) mass is 349 g/mol. The lowest BCUT2D eigenvalue weighted by atomic mass is 9.64. The van der Waals surface area contributed by atoms with E-state index in [0.717, 1.165) is 19.3 Å². The van der Waals surface area contributed by atoms with E-state index in [1.54, 1.807) is 11.4 Å². The summed E-state index contributed by atoms with van der Waals surface area (Å²) >= 11 is 1.35. The molecule has 0 aromatic carbocycles. The molecule has 2 atom stereocenters. The van der Waals surface area contributed by atoms with Crippen molar-refractivity contribution in [1.29, 1.82) is 5.26 Å². The van der Waals surface area contributed by atoms with Gasteiger partial charge >= 0.3 is 0 Å². The Balaban J connectivity index is 1.88. The number of amides is 1. The van der Waals surface area contributed by atoms with Crippen molar-refractivity contribution < 1.29 is 9.90 Å². The minimum Gasteiger partial charge on any atom is -0.394 e. The lowest BCUT2D eigenvalue weighted by Gasteiger charge is -2.47. The third-order valence-electron chi connectivity index (χ3n) is 4.65. The fraction of sp³-hybridized carbons (Fsp3) is 0.667. The van der Waals surface area contributed by atoms with Crippen molar-refractivity contribution in [2.45, 2.75) is 52.0 Å². The van der Waals surface area contributed by atoms with Crippen LogP contribution in [0, 0.1) is 22.7 Å². The van der Waals surface area contributed by atoms with Gasteiger partial charge in [-0.25, -0.2) is 0 Å². The number of rotatable bonds is 6. The Bertz CT molecular complexity index is 620. The first kappa shape index (κ1) is 18.9. The van der Waals surface area contributed by atoms with Gasteiger partial charge < -0.3 is 15.7 Å². The molecule has 1 saturated carbocycles. The SMILES string of the molecule is CC1CC(C)(C)CC(CO)(NCCC(=O)Nc2sccc2C#N)C1. The van der Waals surface area contributed by atoms with Crippen LogP contribution in [0.2, 0.25) is 0 Å². The van der Waals surface area contributed by atoms with Gasteiger partial charge in [0.25, 0.3) is 0 Å². The molecule has 1 aliphatic rings. The number of nitrogens with zero attached hydrogens (tertiary/aromatic N) is 1. The summed E-state index contributed by atoms with van der Waals surface area (Å²) in [6.07, 6.45) is 3.32. The molecule has 2 rings (SSSR count). The number of nitriles is 1. The molecule has 132 valence electrons. The number of anilines is 1. The van der Waals surface area contributed by atoms with Crippen molar-refractivity contribution in [3.8, 4) is 6.07 Å². The van der Waals surface area contributed by atoms with Crippen molar-refractivity contribution in [3.63, 3.8) is 0 Å². The zero-order chi connectivity index (χ0) is 17.8. The zero-order valence-corrected chi connectivity index (χ0v) is 15.5. The molecule has 1 aliphatic carbocycles. The van der Waals surface area contributed by atoms with Crippen LogP contribution in [0.4, 0.5) is 5.00 Å². The van der Waals surface area contributed by atoms with Crippen molar-refractivity contribution in [2.24, 2.45) is 11.3 Å². The Hall–Kier alpha value is -1.42. The summed E-state index contributed by atoms with van der Waals surface area (Å²) in [5, 5.41) is 27.5. The fourth-order valence-corrected chi connectivity index (χ4v) is 4.93. The molecule has 0 aliphatic heterocycles. The molecule has 1 fully saturated rings. The zero-order valence-electron chi connectivity index (χ0n) is 14.7. The lowest BCUT2D eigenvalue weighted by molar-refractivity contribution is -0.116. The highest BCUT2D eigenvalue weighted by Gasteiger charge is 2.42. The topological polar surface area (TPSA) is 85.2 Å². The maximum absolute atomic E-state index is 12.1. The van der Waals surface area contributed by atoms with Crippen molar-refractivity contribution in [3.05, 3.63) is 17.0 Å². The number of hydrogen-bond acceptors (Lipinski definition) is 5. The quantitative estimate of drug-likeness (QED) is 0.736. The number of carbonyl (C=O) groups excluding carboxylic acids is 1. The van der Waals surface area contributed by atoms with Crippen LogP contribution in [0.15, 0.2) is 11.4 Å². The van der Waals surface area contributed by atoms with Crippen LogP contribution in [0.25, 0.3) is 0 Å². The van der Waals surface area contributed by atoms with Crippen LogP contribution in [0.3, 0.4) is 0 Å². The predicted molar refractivity (Wildman–Crippen MR) is 96.9 cm³/mol.